The number of nitrogens with zero attached hydrogens (tertiary/aromatic N) is 4. The van der Waals surface area contributed by atoms with Gasteiger partial charge in [-0.15, -0.1) is 12.4 Å². The lowest BCUT2D eigenvalue weighted by atomic mass is 9.84. The van der Waals surface area contributed by atoms with Crippen molar-refractivity contribution in [3.8, 4) is 0 Å². The van der Waals surface area contributed by atoms with Crippen LogP contribution in [0.1, 0.15) is 92.1 Å². The molecule has 1 aromatic rings. The summed E-state index contributed by atoms with van der Waals surface area (Å²) in [6.45, 7) is 18.2. The Bertz CT molecular complexity index is 1170. The van der Waals surface area contributed by atoms with E-state index in [-0.39, 0.29) is 59.7 Å². The van der Waals surface area contributed by atoms with E-state index in [0.717, 1.165) is 37.8 Å². The van der Waals surface area contributed by atoms with Crippen molar-refractivity contribution in [1.29, 1.82) is 0 Å². The van der Waals surface area contributed by atoms with Gasteiger partial charge in [-0.2, -0.15) is 0 Å². The number of carbonyl (C=O) groups is 2. The molecule has 2 saturated heterocycles. The Labute approximate surface area is 270 Å². The number of ether oxygens (including phenoxy) is 1. The van der Waals surface area contributed by atoms with Crippen molar-refractivity contribution >= 4 is 41.7 Å². The van der Waals surface area contributed by atoms with E-state index in [1.54, 1.807) is 0 Å². The number of halogens is 2. The van der Waals surface area contributed by atoms with E-state index < -0.39 is 5.41 Å². The predicted molar refractivity (Wildman–Crippen MR) is 176 cm³/mol. The molecule has 1 saturated carbocycles. The molecule has 3 fully saturated rings. The summed E-state index contributed by atoms with van der Waals surface area (Å²) in [4.78, 5) is 40.2. The van der Waals surface area contributed by atoms with E-state index in [1.807, 2.05) is 37.8 Å². The van der Waals surface area contributed by atoms with E-state index in [0.29, 0.717) is 49.5 Å². The van der Waals surface area contributed by atoms with Gasteiger partial charge in [-0.1, -0.05) is 51.4 Å². The molecule has 7 nitrogen and oxygen atoms in total. The van der Waals surface area contributed by atoms with E-state index in [2.05, 4.69) is 49.6 Å². The Morgan fingerprint density at radius 2 is 1.60 bits per heavy atom. The Hall–Kier alpha value is -1.83. The topological polar surface area (TPSA) is 65.5 Å². The number of carbonyl (C=O) groups excluding carboxylic acids is 2. The fourth-order valence-electron chi connectivity index (χ4n) is 7.45. The third-order valence-corrected chi connectivity index (χ3v) is 10.2. The fourth-order valence-corrected chi connectivity index (χ4v) is 7.57. The molecule has 3 heterocycles. The number of hydrogen-bond acceptors (Lipinski definition) is 5. The molecular weight excluding hydrogens is 583 g/mol. The van der Waals surface area contributed by atoms with Crippen molar-refractivity contribution in [2.45, 2.75) is 110 Å². The Kier molecular flexibility index (Phi) is 10.5. The standard InChI is InChI=1S/C34H51ClN4O3.ClH/c1-22-8-14-25(15-9-22)39(32(41)33(2,3)4)26-18-29(30-36-16-17-42-30)38(19-26)31(40)28-21-37(34(5,6)7)20-27(28)23-10-12-24(35)13-11-23;/h10-13,22,25-29H,8-9,14-21H2,1-7H3;1H/t22?,25?,26-,27-,28?,29-;/m0./s1. The first-order valence-corrected chi connectivity index (χ1v) is 16.4. The van der Waals surface area contributed by atoms with Crippen LogP contribution in [0, 0.1) is 17.3 Å². The Morgan fingerprint density at radius 1 is 0.953 bits per heavy atom. The number of amides is 2. The van der Waals surface area contributed by atoms with Gasteiger partial charge in [0.15, 0.2) is 0 Å². The first kappa shape index (κ1) is 34.1. The summed E-state index contributed by atoms with van der Waals surface area (Å²) in [6.07, 6.45) is 5.01. The SMILES string of the molecule is CC1CCC(N(C(=O)C(C)(C)C)[C@H]2C[C@@H](C3=NCCO3)N(C(=O)C3CN(C(C)(C)C)C[C@H]3c3ccc(Cl)cc3)C2)CC1.Cl. The van der Waals surface area contributed by atoms with E-state index in [9.17, 15) is 9.59 Å². The monoisotopic (exact) mass is 634 g/mol. The molecule has 9 heteroatoms. The molecule has 0 N–H and O–H groups in total. The van der Waals surface area contributed by atoms with E-state index in [4.69, 9.17) is 21.3 Å². The van der Waals surface area contributed by atoms with Crippen LogP contribution in [0.5, 0.6) is 0 Å². The molecule has 1 aromatic carbocycles. The summed E-state index contributed by atoms with van der Waals surface area (Å²) < 4.78 is 6.02. The number of aliphatic imine (C=N–C) groups is 1. The second kappa shape index (κ2) is 13.3. The smallest absolute Gasteiger partial charge is 0.228 e. The van der Waals surface area contributed by atoms with Crippen molar-refractivity contribution in [3.05, 3.63) is 34.9 Å². The zero-order valence-corrected chi connectivity index (χ0v) is 28.7. The van der Waals surface area contributed by atoms with Crippen LogP contribution in [0.2, 0.25) is 5.02 Å². The van der Waals surface area contributed by atoms with Crippen molar-refractivity contribution in [3.63, 3.8) is 0 Å². The van der Waals surface area contributed by atoms with Crippen LogP contribution in [0.15, 0.2) is 29.3 Å². The summed E-state index contributed by atoms with van der Waals surface area (Å²) in [5.41, 5.74) is 0.599. The maximum absolute atomic E-state index is 14.8. The van der Waals surface area contributed by atoms with Gasteiger partial charge in [-0.25, -0.2) is 0 Å². The lowest BCUT2D eigenvalue weighted by Gasteiger charge is -2.42. The molecule has 0 spiro atoms. The summed E-state index contributed by atoms with van der Waals surface area (Å²) in [7, 11) is 0. The molecule has 240 valence electrons. The highest BCUT2D eigenvalue weighted by atomic mass is 35.5. The Balaban J connectivity index is 0.00000423. The summed E-state index contributed by atoms with van der Waals surface area (Å²) in [6, 6.07) is 7.92. The van der Waals surface area contributed by atoms with Gasteiger partial charge in [0.05, 0.1) is 18.5 Å². The highest BCUT2D eigenvalue weighted by molar-refractivity contribution is 6.30. The molecule has 4 aliphatic rings. The maximum Gasteiger partial charge on any atom is 0.228 e. The number of hydrogen-bond donors (Lipinski definition) is 0. The van der Waals surface area contributed by atoms with Gasteiger partial charge >= 0.3 is 0 Å². The minimum absolute atomic E-state index is 0. The van der Waals surface area contributed by atoms with Crippen LogP contribution in [-0.2, 0) is 14.3 Å². The van der Waals surface area contributed by atoms with Gasteiger partial charge in [0.25, 0.3) is 0 Å². The first-order valence-electron chi connectivity index (χ1n) is 16.0. The van der Waals surface area contributed by atoms with Crippen LogP contribution in [-0.4, -0.2) is 88.9 Å². The number of rotatable bonds is 5. The normalized spacial score (nSPS) is 30.0. The molecule has 0 radical (unpaired) electrons. The third kappa shape index (κ3) is 7.36. The molecule has 1 unspecified atom stereocenters. The largest absolute Gasteiger partial charge is 0.478 e. The van der Waals surface area contributed by atoms with Gasteiger partial charge < -0.3 is 14.5 Å². The molecule has 43 heavy (non-hydrogen) atoms. The molecular formula is C34H52Cl2N4O3. The molecule has 1 aliphatic carbocycles. The zero-order valence-electron chi connectivity index (χ0n) is 27.1. The summed E-state index contributed by atoms with van der Waals surface area (Å²) >= 11 is 6.24. The van der Waals surface area contributed by atoms with Crippen molar-refractivity contribution in [2.75, 3.05) is 32.8 Å². The van der Waals surface area contributed by atoms with E-state index >= 15 is 0 Å². The third-order valence-electron chi connectivity index (χ3n) is 9.99. The second-order valence-corrected chi connectivity index (χ2v) is 15.6. The maximum atomic E-state index is 14.8. The lowest BCUT2D eigenvalue weighted by molar-refractivity contribution is -0.146. The van der Waals surface area contributed by atoms with Crippen LogP contribution >= 0.6 is 24.0 Å². The van der Waals surface area contributed by atoms with E-state index in [1.165, 1.54) is 0 Å². The molecule has 5 rings (SSSR count). The van der Waals surface area contributed by atoms with Crippen molar-refractivity contribution < 1.29 is 14.3 Å². The number of benzene rings is 1. The highest BCUT2D eigenvalue weighted by Gasteiger charge is 2.51. The van der Waals surface area contributed by atoms with Gasteiger partial charge in [0.2, 0.25) is 17.7 Å². The van der Waals surface area contributed by atoms with Crippen LogP contribution in [0.3, 0.4) is 0 Å². The summed E-state index contributed by atoms with van der Waals surface area (Å²) in [5.74, 6) is 1.56. The fraction of sp³-hybridized carbons (Fsp3) is 0.735. The van der Waals surface area contributed by atoms with Crippen LogP contribution in [0.25, 0.3) is 0 Å². The van der Waals surface area contributed by atoms with Gasteiger partial charge in [0, 0.05) is 47.6 Å². The average molecular weight is 636 g/mol. The Morgan fingerprint density at radius 3 is 2.16 bits per heavy atom. The second-order valence-electron chi connectivity index (χ2n) is 15.2. The zero-order chi connectivity index (χ0) is 30.4. The van der Waals surface area contributed by atoms with Gasteiger partial charge in [-0.05, 0) is 76.5 Å². The molecule has 0 aromatic heterocycles. The molecule has 4 atom stereocenters. The number of likely N-dealkylation sites (tertiary alicyclic amines) is 2. The minimum Gasteiger partial charge on any atom is -0.478 e. The van der Waals surface area contributed by atoms with Crippen molar-refractivity contribution in [1.82, 2.24) is 14.7 Å². The summed E-state index contributed by atoms with van der Waals surface area (Å²) in [5, 5.41) is 0.701. The highest BCUT2D eigenvalue weighted by Crippen LogP contribution is 2.41. The quantitative estimate of drug-likeness (QED) is 0.374. The first-order chi connectivity index (χ1) is 19.7. The average Bonchev–Trinajstić information content (AvgIpc) is 3.69. The lowest BCUT2D eigenvalue weighted by Crippen LogP contribution is -2.53. The predicted octanol–water partition coefficient (Wildman–Crippen LogP) is 6.43. The van der Waals surface area contributed by atoms with Gasteiger partial charge in [-0.3, -0.25) is 19.5 Å². The minimum atomic E-state index is -0.490. The van der Waals surface area contributed by atoms with Crippen LogP contribution in [0.4, 0.5) is 0 Å². The molecule has 3 aliphatic heterocycles. The van der Waals surface area contributed by atoms with Gasteiger partial charge in [0.1, 0.15) is 12.6 Å². The van der Waals surface area contributed by atoms with Crippen LogP contribution < -0.4 is 0 Å². The molecule has 0 bridgehead atoms. The molecule has 2 amide bonds. The van der Waals surface area contributed by atoms with Crippen molar-refractivity contribution in [2.24, 2.45) is 22.2 Å².